The Kier molecular flexibility index (Phi) is 3.93. The van der Waals surface area contributed by atoms with E-state index in [1.165, 1.54) is 0 Å². The van der Waals surface area contributed by atoms with Crippen LogP contribution in [0.2, 0.25) is 0 Å². The first-order valence-electron chi connectivity index (χ1n) is 8.28. The fourth-order valence-corrected chi connectivity index (χ4v) is 3.34. The van der Waals surface area contributed by atoms with E-state index in [1.54, 1.807) is 4.90 Å². The van der Waals surface area contributed by atoms with E-state index in [1.807, 2.05) is 24.3 Å². The maximum Gasteiger partial charge on any atom is 0.227 e. The highest BCUT2D eigenvalue weighted by Gasteiger charge is 2.34. The van der Waals surface area contributed by atoms with E-state index in [9.17, 15) is 9.59 Å². The Bertz CT molecular complexity index is 739. The molecule has 0 spiro atoms. The summed E-state index contributed by atoms with van der Waals surface area (Å²) in [4.78, 5) is 34.1. The number of hydrogen-bond acceptors (Lipinski definition) is 4. The monoisotopic (exact) mass is 328 g/mol. The van der Waals surface area contributed by atoms with Crippen molar-refractivity contribution in [3.05, 3.63) is 30.1 Å². The van der Waals surface area contributed by atoms with E-state index >= 15 is 0 Å². The van der Waals surface area contributed by atoms with Gasteiger partial charge in [-0.25, -0.2) is 4.98 Å². The molecule has 2 aromatic rings. The minimum Gasteiger partial charge on any atom is -0.378 e. The van der Waals surface area contributed by atoms with Crippen molar-refractivity contribution in [3.8, 4) is 0 Å². The van der Waals surface area contributed by atoms with Crippen molar-refractivity contribution in [2.24, 2.45) is 5.92 Å². The lowest BCUT2D eigenvalue weighted by molar-refractivity contribution is -0.133. The molecule has 1 aromatic carbocycles. The summed E-state index contributed by atoms with van der Waals surface area (Å²) >= 11 is 0. The molecule has 4 rings (SSSR count). The van der Waals surface area contributed by atoms with Crippen molar-refractivity contribution < 1.29 is 14.3 Å². The largest absolute Gasteiger partial charge is 0.378 e. The van der Waals surface area contributed by atoms with Gasteiger partial charge < -0.3 is 19.9 Å². The van der Waals surface area contributed by atoms with Crippen LogP contribution in [0.5, 0.6) is 0 Å². The van der Waals surface area contributed by atoms with Crippen LogP contribution in [0.15, 0.2) is 24.3 Å². The molecule has 2 saturated heterocycles. The lowest BCUT2D eigenvalue weighted by atomic mass is 10.1. The highest BCUT2D eigenvalue weighted by atomic mass is 16.5. The maximum atomic E-state index is 12.6. The Morgan fingerprint density at radius 3 is 3.04 bits per heavy atom. The quantitative estimate of drug-likeness (QED) is 0.857. The van der Waals surface area contributed by atoms with Crippen molar-refractivity contribution in [2.75, 3.05) is 26.3 Å². The number of benzene rings is 1. The summed E-state index contributed by atoms with van der Waals surface area (Å²) < 4.78 is 5.49. The third-order valence-corrected chi connectivity index (χ3v) is 4.60. The molecule has 2 aliphatic heterocycles. The number of carbonyl (C=O) groups is 2. The summed E-state index contributed by atoms with van der Waals surface area (Å²) in [5.41, 5.74) is 1.90. The first-order valence-corrected chi connectivity index (χ1v) is 8.28. The SMILES string of the molecule is O=C1N[C@@H]2COC[C@H]1CN(C(=O)CCc1nc3ccccc3[nH]1)C2. The molecule has 24 heavy (non-hydrogen) atoms. The zero-order chi connectivity index (χ0) is 16.5. The molecule has 1 aromatic heterocycles. The van der Waals surface area contributed by atoms with Crippen LogP contribution in [0.4, 0.5) is 0 Å². The van der Waals surface area contributed by atoms with Gasteiger partial charge in [-0.3, -0.25) is 9.59 Å². The fourth-order valence-electron chi connectivity index (χ4n) is 3.34. The van der Waals surface area contributed by atoms with Gasteiger partial charge in [-0.15, -0.1) is 0 Å². The van der Waals surface area contributed by atoms with Gasteiger partial charge in [-0.2, -0.15) is 0 Å². The minimum atomic E-state index is -0.271. The van der Waals surface area contributed by atoms with Crippen molar-refractivity contribution in [1.82, 2.24) is 20.2 Å². The first kappa shape index (κ1) is 15.1. The number of nitrogens with one attached hydrogen (secondary N) is 2. The molecule has 2 N–H and O–H groups in total. The number of fused-ring (bicyclic) bond motifs is 4. The molecule has 2 fully saturated rings. The van der Waals surface area contributed by atoms with Crippen molar-refractivity contribution in [1.29, 1.82) is 0 Å². The van der Waals surface area contributed by atoms with Crippen LogP contribution in [-0.2, 0) is 20.7 Å². The third kappa shape index (κ3) is 2.99. The van der Waals surface area contributed by atoms with Gasteiger partial charge >= 0.3 is 0 Å². The number of nitrogens with zero attached hydrogens (tertiary/aromatic N) is 2. The number of hydrogen-bond donors (Lipinski definition) is 2. The van der Waals surface area contributed by atoms with Crippen LogP contribution < -0.4 is 5.32 Å². The van der Waals surface area contributed by atoms with Crippen LogP contribution in [0, 0.1) is 5.92 Å². The number of ether oxygens (including phenoxy) is 1. The van der Waals surface area contributed by atoms with E-state index in [2.05, 4.69) is 15.3 Å². The number of para-hydroxylation sites is 2. The minimum absolute atomic E-state index is 0.00918. The summed E-state index contributed by atoms with van der Waals surface area (Å²) in [6.07, 6.45) is 0.950. The van der Waals surface area contributed by atoms with Gasteiger partial charge in [0, 0.05) is 25.9 Å². The van der Waals surface area contributed by atoms with E-state index < -0.39 is 0 Å². The van der Waals surface area contributed by atoms with Crippen LogP contribution in [-0.4, -0.2) is 59.0 Å². The summed E-state index contributed by atoms with van der Waals surface area (Å²) in [6.45, 7) is 1.80. The predicted molar refractivity (Wildman–Crippen MR) is 87.2 cm³/mol. The molecular weight excluding hydrogens is 308 g/mol. The third-order valence-electron chi connectivity index (χ3n) is 4.60. The smallest absolute Gasteiger partial charge is 0.227 e. The normalized spacial score (nSPS) is 23.8. The molecule has 7 heteroatoms. The Labute approximate surface area is 139 Å². The van der Waals surface area contributed by atoms with E-state index in [-0.39, 0.29) is 23.8 Å². The number of amides is 2. The molecule has 2 atom stereocenters. The summed E-state index contributed by atoms with van der Waals surface area (Å²) in [5, 5.41) is 2.94. The molecule has 2 amide bonds. The molecule has 0 saturated carbocycles. The number of imidazole rings is 1. The Morgan fingerprint density at radius 1 is 1.29 bits per heavy atom. The molecule has 0 unspecified atom stereocenters. The average molecular weight is 328 g/mol. The number of carbonyl (C=O) groups excluding carboxylic acids is 2. The topological polar surface area (TPSA) is 87.3 Å². The van der Waals surface area contributed by atoms with Gasteiger partial charge in [0.25, 0.3) is 0 Å². The number of aryl methyl sites for hydroxylation is 1. The molecule has 0 radical (unpaired) electrons. The summed E-state index contributed by atoms with van der Waals surface area (Å²) in [7, 11) is 0. The number of rotatable bonds is 3. The van der Waals surface area contributed by atoms with E-state index in [0.717, 1.165) is 16.9 Å². The summed E-state index contributed by atoms with van der Waals surface area (Å²) in [5.74, 6) is 0.596. The van der Waals surface area contributed by atoms with Crippen molar-refractivity contribution >= 4 is 22.8 Å². The molecular formula is C17H20N4O3. The van der Waals surface area contributed by atoms with Crippen molar-refractivity contribution in [3.63, 3.8) is 0 Å². The van der Waals surface area contributed by atoms with Gasteiger partial charge in [-0.05, 0) is 12.1 Å². The molecule has 2 bridgehead atoms. The standard InChI is InChI=1S/C17H20N4O3/c22-16(6-5-15-19-13-3-1-2-4-14(13)20-15)21-7-11-9-24-10-12(8-21)18-17(11)23/h1-4,11-12H,5-10H2,(H,18,23)(H,19,20)/t11-,12+/m1/s1. The predicted octanol–water partition coefficient (Wildman–Crippen LogP) is 0.469. The second-order valence-electron chi connectivity index (χ2n) is 6.44. The van der Waals surface area contributed by atoms with E-state index in [0.29, 0.717) is 39.1 Å². The van der Waals surface area contributed by atoms with Gasteiger partial charge in [-0.1, -0.05) is 12.1 Å². The van der Waals surface area contributed by atoms with Crippen LogP contribution in [0.3, 0.4) is 0 Å². The van der Waals surface area contributed by atoms with Crippen molar-refractivity contribution in [2.45, 2.75) is 18.9 Å². The van der Waals surface area contributed by atoms with Gasteiger partial charge in [0.2, 0.25) is 11.8 Å². The lowest BCUT2D eigenvalue weighted by Crippen LogP contribution is -2.44. The Balaban J connectivity index is 1.41. The second kappa shape index (κ2) is 6.24. The summed E-state index contributed by atoms with van der Waals surface area (Å²) in [6, 6.07) is 7.71. The van der Waals surface area contributed by atoms with Crippen LogP contribution >= 0.6 is 0 Å². The van der Waals surface area contributed by atoms with Gasteiger partial charge in [0.05, 0.1) is 36.2 Å². The number of aromatic nitrogens is 2. The molecule has 7 nitrogen and oxygen atoms in total. The molecule has 2 aliphatic rings. The average Bonchev–Trinajstić information content (AvgIpc) is 2.81. The zero-order valence-electron chi connectivity index (χ0n) is 13.3. The first-order chi connectivity index (χ1) is 11.7. The van der Waals surface area contributed by atoms with Crippen LogP contribution in [0.1, 0.15) is 12.2 Å². The highest BCUT2D eigenvalue weighted by molar-refractivity contribution is 5.82. The van der Waals surface area contributed by atoms with Crippen LogP contribution in [0.25, 0.3) is 11.0 Å². The van der Waals surface area contributed by atoms with E-state index in [4.69, 9.17) is 4.74 Å². The lowest BCUT2D eigenvalue weighted by Gasteiger charge is -2.27. The molecule has 126 valence electrons. The van der Waals surface area contributed by atoms with Gasteiger partial charge in [0.1, 0.15) is 5.82 Å². The fraction of sp³-hybridized carbons (Fsp3) is 0.471. The van der Waals surface area contributed by atoms with Gasteiger partial charge in [0.15, 0.2) is 0 Å². The second-order valence-corrected chi connectivity index (χ2v) is 6.44. The number of aromatic amines is 1. The zero-order valence-corrected chi connectivity index (χ0v) is 13.3. The Hall–Kier alpha value is -2.41. The number of H-pyrrole nitrogens is 1. The Morgan fingerprint density at radius 2 is 2.17 bits per heavy atom. The molecule has 0 aliphatic carbocycles. The molecule has 3 heterocycles. The highest BCUT2D eigenvalue weighted by Crippen LogP contribution is 2.16. The maximum absolute atomic E-state index is 12.6.